The lowest BCUT2D eigenvalue weighted by Gasteiger charge is -2.27. The molecule has 0 unspecified atom stereocenters. The number of aromatic nitrogens is 2. The Hall–Kier alpha value is -3.72. The van der Waals surface area contributed by atoms with Gasteiger partial charge < -0.3 is 10.2 Å². The number of hydrogen-bond donors (Lipinski definition) is 1. The average Bonchev–Trinajstić information content (AvgIpc) is 3.43. The largest absolute Gasteiger partial charge is 0.331 e. The summed E-state index contributed by atoms with van der Waals surface area (Å²) in [7, 11) is -3.13. The molecule has 1 aliphatic heterocycles. The van der Waals surface area contributed by atoms with E-state index in [-0.39, 0.29) is 42.3 Å². The molecule has 1 fully saturated rings. The second kappa shape index (κ2) is 10.3. The Balaban J connectivity index is 1.47. The fourth-order valence-corrected chi connectivity index (χ4v) is 5.98. The van der Waals surface area contributed by atoms with Gasteiger partial charge in [0.05, 0.1) is 41.7 Å². The first-order chi connectivity index (χ1) is 16.7. The monoisotopic (exact) mass is 492 g/mol. The Labute approximate surface area is 205 Å². The fraction of sp³-hybridized carbons (Fsp3) is 0.269. The summed E-state index contributed by atoms with van der Waals surface area (Å²) in [5.74, 6) is -0.347. The second-order valence-electron chi connectivity index (χ2n) is 8.74. The summed E-state index contributed by atoms with van der Waals surface area (Å²) in [5.41, 5.74) is 3.64. The maximum absolute atomic E-state index is 13.3. The molecule has 9 heteroatoms. The number of carbonyl (C=O) groups excluding carboxylic acids is 2. The van der Waals surface area contributed by atoms with Gasteiger partial charge in [-0.2, -0.15) is 5.10 Å². The van der Waals surface area contributed by atoms with Crippen molar-refractivity contribution in [3.63, 3.8) is 0 Å². The summed E-state index contributed by atoms with van der Waals surface area (Å²) in [6.07, 6.45) is 5.52. The molecule has 0 spiro atoms. The lowest BCUT2D eigenvalue weighted by molar-refractivity contribution is -0.115. The highest BCUT2D eigenvalue weighted by molar-refractivity contribution is 7.91. The molecule has 1 aromatic heterocycles. The van der Waals surface area contributed by atoms with Gasteiger partial charge in [-0.25, -0.2) is 13.1 Å². The maximum atomic E-state index is 13.3. The minimum absolute atomic E-state index is 0.0307. The van der Waals surface area contributed by atoms with Crippen molar-refractivity contribution in [1.82, 2.24) is 14.7 Å². The number of aryl methyl sites for hydroxylation is 1. The van der Waals surface area contributed by atoms with Crippen LogP contribution in [0.5, 0.6) is 0 Å². The molecule has 0 saturated carbocycles. The van der Waals surface area contributed by atoms with Crippen LogP contribution in [-0.4, -0.2) is 59.0 Å². The minimum atomic E-state index is -3.13. The number of amides is 2. The van der Waals surface area contributed by atoms with Gasteiger partial charge >= 0.3 is 0 Å². The van der Waals surface area contributed by atoms with Crippen LogP contribution in [0.4, 0.5) is 5.69 Å². The third-order valence-electron chi connectivity index (χ3n) is 5.91. The van der Waals surface area contributed by atoms with Gasteiger partial charge in [-0.15, -0.1) is 6.58 Å². The Bertz CT molecular complexity index is 1360. The Kier molecular flexibility index (Phi) is 7.16. The standard InChI is InChI=1S/C26H28N4O4S/c1-3-11-29(24-10-12-35(33,34)18-24)26(32)21-8-5-9-23(15-21)30-17-22(16-27-30)28-25(31)14-20-7-4-6-19(2)13-20/h3-9,13,15-17,24H,1,10-12,14,18H2,2H3,(H,28,31)/t24-/m0/s1. The van der Waals surface area contributed by atoms with Gasteiger partial charge in [0.2, 0.25) is 5.91 Å². The summed E-state index contributed by atoms with van der Waals surface area (Å²) >= 11 is 0. The van der Waals surface area contributed by atoms with Crippen molar-refractivity contribution < 1.29 is 18.0 Å². The molecular formula is C26H28N4O4S. The molecule has 2 heterocycles. The molecular weight excluding hydrogens is 464 g/mol. The van der Waals surface area contributed by atoms with E-state index in [0.29, 0.717) is 23.4 Å². The van der Waals surface area contributed by atoms with Crippen LogP contribution in [-0.2, 0) is 21.1 Å². The predicted molar refractivity (Wildman–Crippen MR) is 135 cm³/mol. The number of rotatable bonds is 8. The minimum Gasteiger partial charge on any atom is -0.331 e. The molecule has 35 heavy (non-hydrogen) atoms. The highest BCUT2D eigenvalue weighted by Gasteiger charge is 2.34. The number of hydrogen-bond acceptors (Lipinski definition) is 5. The summed E-state index contributed by atoms with van der Waals surface area (Å²) in [6.45, 7) is 5.96. The van der Waals surface area contributed by atoms with E-state index in [1.807, 2.05) is 31.2 Å². The van der Waals surface area contributed by atoms with E-state index in [0.717, 1.165) is 11.1 Å². The Morgan fingerprint density at radius 2 is 2.03 bits per heavy atom. The number of benzene rings is 2. The van der Waals surface area contributed by atoms with Gasteiger partial charge in [-0.1, -0.05) is 42.0 Å². The zero-order valence-corrected chi connectivity index (χ0v) is 20.4. The predicted octanol–water partition coefficient (Wildman–Crippen LogP) is 3.18. The van der Waals surface area contributed by atoms with Gasteiger partial charge in [0, 0.05) is 18.2 Å². The first kappa shape index (κ1) is 24.4. The van der Waals surface area contributed by atoms with Crippen molar-refractivity contribution >= 4 is 27.3 Å². The molecule has 0 radical (unpaired) electrons. The highest BCUT2D eigenvalue weighted by Crippen LogP contribution is 2.21. The van der Waals surface area contributed by atoms with Crippen molar-refractivity contribution in [2.45, 2.75) is 25.8 Å². The first-order valence-corrected chi connectivity index (χ1v) is 13.2. The first-order valence-electron chi connectivity index (χ1n) is 11.4. The van der Waals surface area contributed by atoms with Crippen LogP contribution in [0.25, 0.3) is 5.69 Å². The number of anilines is 1. The van der Waals surface area contributed by atoms with Crippen LogP contribution < -0.4 is 5.32 Å². The van der Waals surface area contributed by atoms with Crippen molar-refractivity contribution in [2.75, 3.05) is 23.4 Å². The molecule has 182 valence electrons. The molecule has 1 N–H and O–H groups in total. The van der Waals surface area contributed by atoms with E-state index >= 15 is 0 Å². The molecule has 0 bridgehead atoms. The van der Waals surface area contributed by atoms with Gasteiger partial charge in [0.25, 0.3) is 5.91 Å². The molecule has 8 nitrogen and oxygen atoms in total. The van der Waals surface area contributed by atoms with Crippen LogP contribution in [0.2, 0.25) is 0 Å². The van der Waals surface area contributed by atoms with Crippen LogP contribution in [0, 0.1) is 6.92 Å². The number of nitrogens with one attached hydrogen (secondary N) is 1. The SMILES string of the molecule is C=CCN(C(=O)c1cccc(-n2cc(NC(=O)Cc3cccc(C)c3)cn2)c1)[C@H]1CCS(=O)(=O)C1. The Morgan fingerprint density at radius 3 is 2.74 bits per heavy atom. The number of sulfone groups is 1. The molecule has 1 atom stereocenters. The summed E-state index contributed by atoms with van der Waals surface area (Å²) < 4.78 is 25.5. The summed E-state index contributed by atoms with van der Waals surface area (Å²) in [4.78, 5) is 27.3. The van der Waals surface area contributed by atoms with Crippen LogP contribution in [0.1, 0.15) is 27.9 Å². The third kappa shape index (κ3) is 6.05. The second-order valence-corrected chi connectivity index (χ2v) is 11.0. The molecule has 2 amide bonds. The number of nitrogens with zero attached hydrogens (tertiary/aromatic N) is 3. The van der Waals surface area contributed by atoms with E-state index in [4.69, 9.17) is 0 Å². The molecule has 3 aromatic rings. The van der Waals surface area contributed by atoms with Gasteiger partial charge in [-0.3, -0.25) is 9.59 Å². The summed E-state index contributed by atoms with van der Waals surface area (Å²) in [6, 6.07) is 14.4. The van der Waals surface area contributed by atoms with E-state index in [9.17, 15) is 18.0 Å². The van der Waals surface area contributed by atoms with E-state index in [1.165, 1.54) is 0 Å². The quantitative estimate of drug-likeness (QED) is 0.487. The highest BCUT2D eigenvalue weighted by atomic mass is 32.2. The lowest BCUT2D eigenvalue weighted by Crippen LogP contribution is -2.41. The third-order valence-corrected chi connectivity index (χ3v) is 7.66. The lowest BCUT2D eigenvalue weighted by atomic mass is 10.1. The zero-order valence-electron chi connectivity index (χ0n) is 19.6. The fourth-order valence-electron chi connectivity index (χ4n) is 4.25. The van der Waals surface area contributed by atoms with Crippen LogP contribution in [0.3, 0.4) is 0 Å². The topological polar surface area (TPSA) is 101 Å². The van der Waals surface area contributed by atoms with Crippen molar-refractivity contribution in [3.05, 3.63) is 90.3 Å². The van der Waals surface area contributed by atoms with Gasteiger partial charge in [0.1, 0.15) is 0 Å². The Morgan fingerprint density at radius 1 is 1.23 bits per heavy atom. The van der Waals surface area contributed by atoms with E-state index < -0.39 is 9.84 Å². The zero-order chi connectivity index (χ0) is 25.0. The van der Waals surface area contributed by atoms with Crippen LogP contribution in [0.15, 0.2) is 73.6 Å². The van der Waals surface area contributed by atoms with Crippen molar-refractivity contribution in [2.24, 2.45) is 0 Å². The normalized spacial score (nSPS) is 16.5. The smallest absolute Gasteiger partial charge is 0.254 e. The van der Waals surface area contributed by atoms with E-state index in [1.54, 1.807) is 52.3 Å². The van der Waals surface area contributed by atoms with Crippen molar-refractivity contribution in [1.29, 1.82) is 0 Å². The van der Waals surface area contributed by atoms with Crippen LogP contribution >= 0.6 is 0 Å². The van der Waals surface area contributed by atoms with Crippen molar-refractivity contribution in [3.8, 4) is 5.69 Å². The van der Waals surface area contributed by atoms with Gasteiger partial charge in [0.15, 0.2) is 9.84 Å². The molecule has 1 aliphatic rings. The average molecular weight is 493 g/mol. The summed E-state index contributed by atoms with van der Waals surface area (Å²) in [5, 5.41) is 7.17. The maximum Gasteiger partial charge on any atom is 0.254 e. The molecule has 1 saturated heterocycles. The molecule has 4 rings (SSSR count). The van der Waals surface area contributed by atoms with E-state index in [2.05, 4.69) is 17.0 Å². The number of carbonyl (C=O) groups is 2. The van der Waals surface area contributed by atoms with Gasteiger partial charge in [-0.05, 0) is 37.1 Å². The molecule has 0 aliphatic carbocycles. The molecule has 2 aromatic carbocycles.